The SMILES string of the molecule is CN(C)CC1CN(C2(c3ccccc3)CCCCC2)CCC1(C)O.Cl.Cl. The van der Waals surface area contributed by atoms with Crippen LogP contribution in [0, 0.1) is 5.92 Å². The summed E-state index contributed by atoms with van der Waals surface area (Å²) in [5.41, 5.74) is 1.11. The average Bonchev–Trinajstić information content (AvgIpc) is 2.58. The molecule has 1 saturated heterocycles. The molecule has 0 aromatic heterocycles. The number of nitrogens with zero attached hydrogens (tertiary/aromatic N) is 2. The minimum atomic E-state index is -0.548. The molecule has 1 aliphatic heterocycles. The summed E-state index contributed by atoms with van der Waals surface area (Å²) in [6.45, 7) is 4.99. The van der Waals surface area contributed by atoms with Gasteiger partial charge in [0.25, 0.3) is 0 Å². The Hall–Kier alpha value is -0.320. The average molecular weight is 403 g/mol. The Morgan fingerprint density at radius 3 is 2.23 bits per heavy atom. The zero-order chi connectivity index (χ0) is 17.2. The molecule has 1 saturated carbocycles. The fraction of sp³-hybridized carbons (Fsp3) is 0.714. The van der Waals surface area contributed by atoms with Crippen LogP contribution in [-0.2, 0) is 5.54 Å². The number of piperidine rings is 1. The van der Waals surface area contributed by atoms with Crippen LogP contribution in [-0.4, -0.2) is 54.2 Å². The molecule has 2 fully saturated rings. The Labute approximate surface area is 172 Å². The van der Waals surface area contributed by atoms with Gasteiger partial charge in [0.2, 0.25) is 0 Å². The van der Waals surface area contributed by atoms with Crippen LogP contribution in [0.15, 0.2) is 30.3 Å². The summed E-state index contributed by atoms with van der Waals surface area (Å²) in [4.78, 5) is 4.94. The van der Waals surface area contributed by atoms with Gasteiger partial charge in [0.05, 0.1) is 5.60 Å². The van der Waals surface area contributed by atoms with Crippen LogP contribution in [0.3, 0.4) is 0 Å². The van der Waals surface area contributed by atoms with Crippen molar-refractivity contribution in [1.82, 2.24) is 9.80 Å². The lowest BCUT2D eigenvalue weighted by Crippen LogP contribution is -2.59. The van der Waals surface area contributed by atoms with E-state index in [2.05, 4.69) is 54.2 Å². The van der Waals surface area contributed by atoms with E-state index in [1.165, 1.54) is 37.7 Å². The quantitative estimate of drug-likeness (QED) is 0.811. The molecule has 1 N–H and O–H groups in total. The van der Waals surface area contributed by atoms with Crippen molar-refractivity contribution < 1.29 is 5.11 Å². The highest BCUT2D eigenvalue weighted by Crippen LogP contribution is 2.45. The number of aliphatic hydroxyl groups is 1. The maximum atomic E-state index is 10.9. The summed E-state index contributed by atoms with van der Waals surface area (Å²) >= 11 is 0. The molecular formula is C21H36Cl2N2O. The molecule has 2 aliphatic rings. The minimum Gasteiger partial charge on any atom is -0.390 e. The Bertz CT molecular complexity index is 530. The maximum absolute atomic E-state index is 10.9. The molecule has 0 spiro atoms. The van der Waals surface area contributed by atoms with Crippen LogP contribution < -0.4 is 0 Å². The Morgan fingerprint density at radius 2 is 1.65 bits per heavy atom. The number of halogens is 2. The largest absolute Gasteiger partial charge is 0.390 e. The molecule has 3 nitrogen and oxygen atoms in total. The summed E-state index contributed by atoms with van der Waals surface area (Å²) in [6.07, 6.45) is 7.39. The molecule has 1 heterocycles. The van der Waals surface area contributed by atoms with E-state index in [0.717, 1.165) is 26.1 Å². The van der Waals surface area contributed by atoms with E-state index in [1.807, 2.05) is 6.92 Å². The second-order valence-electron chi connectivity index (χ2n) is 8.47. The van der Waals surface area contributed by atoms with Gasteiger partial charge >= 0.3 is 0 Å². The van der Waals surface area contributed by atoms with Crippen LogP contribution in [0.4, 0.5) is 0 Å². The predicted octanol–water partition coefficient (Wildman–Crippen LogP) is 4.32. The van der Waals surface area contributed by atoms with E-state index in [-0.39, 0.29) is 30.4 Å². The van der Waals surface area contributed by atoms with Crippen LogP contribution in [0.1, 0.15) is 51.0 Å². The summed E-state index contributed by atoms with van der Waals surface area (Å²) in [6, 6.07) is 11.1. The molecule has 0 bridgehead atoms. The number of rotatable bonds is 4. The van der Waals surface area contributed by atoms with Gasteiger partial charge < -0.3 is 10.0 Å². The van der Waals surface area contributed by atoms with E-state index in [9.17, 15) is 5.11 Å². The minimum absolute atomic E-state index is 0. The standard InChI is InChI=1S/C21H34N2O.2ClH/c1-20(24)14-15-23(17-19(20)16-22(2)3)21(12-8-5-9-13-21)18-10-6-4-7-11-18;;/h4,6-7,10-11,19,24H,5,8-9,12-17H2,1-3H3;2*1H. The van der Waals surface area contributed by atoms with Crippen molar-refractivity contribution in [3.05, 3.63) is 35.9 Å². The van der Waals surface area contributed by atoms with Gasteiger partial charge in [0.15, 0.2) is 0 Å². The summed E-state index contributed by atoms with van der Waals surface area (Å²) in [5, 5.41) is 10.9. The number of likely N-dealkylation sites (tertiary alicyclic amines) is 1. The summed E-state index contributed by atoms with van der Waals surface area (Å²) < 4.78 is 0. The maximum Gasteiger partial charge on any atom is 0.0684 e. The van der Waals surface area contributed by atoms with Crippen molar-refractivity contribution in [2.75, 3.05) is 33.7 Å². The number of benzene rings is 1. The molecular weight excluding hydrogens is 367 g/mol. The van der Waals surface area contributed by atoms with Gasteiger partial charge in [-0.3, -0.25) is 4.90 Å². The van der Waals surface area contributed by atoms with E-state index >= 15 is 0 Å². The highest BCUT2D eigenvalue weighted by molar-refractivity contribution is 5.85. The molecule has 150 valence electrons. The topological polar surface area (TPSA) is 26.7 Å². The molecule has 5 heteroatoms. The van der Waals surface area contributed by atoms with Crippen molar-refractivity contribution in [3.63, 3.8) is 0 Å². The molecule has 1 aromatic carbocycles. The zero-order valence-corrected chi connectivity index (χ0v) is 18.1. The first-order valence-corrected chi connectivity index (χ1v) is 9.62. The first-order chi connectivity index (χ1) is 11.4. The fourth-order valence-electron chi connectivity index (χ4n) is 4.88. The first-order valence-electron chi connectivity index (χ1n) is 9.62. The molecule has 26 heavy (non-hydrogen) atoms. The Morgan fingerprint density at radius 1 is 1.04 bits per heavy atom. The third kappa shape index (κ3) is 4.94. The Balaban J connectivity index is 0.00000169. The van der Waals surface area contributed by atoms with Crippen LogP contribution in [0.25, 0.3) is 0 Å². The molecule has 1 aromatic rings. The number of hydrogen-bond donors (Lipinski definition) is 1. The van der Waals surface area contributed by atoms with E-state index in [0.29, 0.717) is 5.92 Å². The smallest absolute Gasteiger partial charge is 0.0684 e. The molecule has 0 amide bonds. The molecule has 3 rings (SSSR count). The monoisotopic (exact) mass is 402 g/mol. The second-order valence-corrected chi connectivity index (χ2v) is 8.47. The highest BCUT2D eigenvalue weighted by atomic mass is 35.5. The van der Waals surface area contributed by atoms with Gasteiger partial charge in [-0.25, -0.2) is 0 Å². The lowest BCUT2D eigenvalue weighted by Gasteiger charge is -2.53. The van der Waals surface area contributed by atoms with Gasteiger partial charge in [-0.1, -0.05) is 49.6 Å². The van der Waals surface area contributed by atoms with Crippen molar-refractivity contribution in [1.29, 1.82) is 0 Å². The highest BCUT2D eigenvalue weighted by Gasteiger charge is 2.46. The fourth-order valence-corrected chi connectivity index (χ4v) is 4.88. The number of hydrogen-bond acceptors (Lipinski definition) is 3. The van der Waals surface area contributed by atoms with Crippen molar-refractivity contribution in [3.8, 4) is 0 Å². The molecule has 1 aliphatic carbocycles. The van der Waals surface area contributed by atoms with Crippen molar-refractivity contribution in [2.45, 2.75) is 56.6 Å². The van der Waals surface area contributed by atoms with Crippen molar-refractivity contribution >= 4 is 24.8 Å². The van der Waals surface area contributed by atoms with E-state index in [1.54, 1.807) is 0 Å². The third-order valence-electron chi connectivity index (χ3n) is 6.39. The molecule has 2 atom stereocenters. The Kier molecular flexibility index (Phi) is 8.89. The normalized spacial score (nSPS) is 28.9. The first kappa shape index (κ1) is 23.7. The molecule has 0 radical (unpaired) electrons. The lowest BCUT2D eigenvalue weighted by atomic mass is 9.72. The van der Waals surface area contributed by atoms with E-state index < -0.39 is 5.60 Å². The van der Waals surface area contributed by atoms with E-state index in [4.69, 9.17) is 0 Å². The molecule has 2 unspecified atom stereocenters. The second kappa shape index (κ2) is 9.75. The zero-order valence-electron chi connectivity index (χ0n) is 16.5. The third-order valence-corrected chi connectivity index (χ3v) is 6.39. The van der Waals surface area contributed by atoms with Crippen LogP contribution in [0.2, 0.25) is 0 Å². The summed E-state index contributed by atoms with van der Waals surface area (Å²) in [5.74, 6) is 0.309. The summed E-state index contributed by atoms with van der Waals surface area (Å²) in [7, 11) is 4.23. The lowest BCUT2D eigenvalue weighted by molar-refractivity contribution is -0.0994. The predicted molar refractivity (Wildman–Crippen MR) is 115 cm³/mol. The van der Waals surface area contributed by atoms with Gasteiger partial charge in [-0.15, -0.1) is 24.8 Å². The van der Waals surface area contributed by atoms with Crippen LogP contribution in [0.5, 0.6) is 0 Å². The van der Waals surface area contributed by atoms with Crippen LogP contribution >= 0.6 is 24.8 Å². The van der Waals surface area contributed by atoms with Crippen molar-refractivity contribution in [2.24, 2.45) is 5.92 Å². The van der Waals surface area contributed by atoms with Gasteiger partial charge in [-0.2, -0.15) is 0 Å². The van der Waals surface area contributed by atoms with Gasteiger partial charge in [-0.05, 0) is 45.8 Å². The van der Waals surface area contributed by atoms with Gasteiger partial charge in [0.1, 0.15) is 0 Å². The van der Waals surface area contributed by atoms with Gasteiger partial charge in [0, 0.05) is 31.1 Å².